The van der Waals surface area contributed by atoms with Crippen LogP contribution in [0.3, 0.4) is 0 Å². The maximum Gasteiger partial charge on any atom is 0.322 e. The first-order chi connectivity index (χ1) is 14.9. The molecular weight excluding hydrogens is 420 g/mol. The zero-order chi connectivity index (χ0) is 22.3. The summed E-state index contributed by atoms with van der Waals surface area (Å²) >= 11 is 0. The number of pyridine rings is 2. The maximum atomic E-state index is 13.3. The Morgan fingerprint density at radius 1 is 1.00 bits per heavy atom. The Labute approximate surface area is 180 Å². The van der Waals surface area contributed by atoms with E-state index in [0.29, 0.717) is 11.5 Å². The molecule has 0 radical (unpaired) electrons. The molecule has 3 aromatic rings. The van der Waals surface area contributed by atoms with Crippen LogP contribution in [0.5, 0.6) is 0 Å². The van der Waals surface area contributed by atoms with Crippen LogP contribution in [-0.2, 0) is 34.5 Å². The number of rotatable bonds is 10. The van der Waals surface area contributed by atoms with Gasteiger partial charge in [0, 0.05) is 18.9 Å². The zero-order valence-electron chi connectivity index (χ0n) is 16.5. The number of aliphatic hydroxyl groups is 1. The minimum absolute atomic E-state index is 0.0262. The van der Waals surface area contributed by atoms with Gasteiger partial charge in [-0.3, -0.25) is 9.78 Å². The Morgan fingerprint density at radius 3 is 2.39 bits per heavy atom. The van der Waals surface area contributed by atoms with E-state index in [1.54, 1.807) is 48.5 Å². The highest BCUT2D eigenvalue weighted by molar-refractivity contribution is 7.89. The van der Waals surface area contributed by atoms with Gasteiger partial charge >= 0.3 is 5.97 Å². The number of hydrogen-bond donors (Lipinski definition) is 3. The highest BCUT2D eigenvalue weighted by atomic mass is 32.2. The second kappa shape index (κ2) is 10.1. The number of carbonyl (C=O) groups is 1. The second-order valence-electron chi connectivity index (χ2n) is 6.70. The average Bonchev–Trinajstić information content (AvgIpc) is 2.78. The lowest BCUT2D eigenvalue weighted by atomic mass is 10.1. The van der Waals surface area contributed by atoms with Crippen molar-refractivity contribution in [2.24, 2.45) is 0 Å². The summed E-state index contributed by atoms with van der Waals surface area (Å²) in [6.07, 6.45) is 2.78. The standard InChI is InChI=1S/C21H22N4O5S/c26-15-17-8-6-16(7-9-17)13-25(31(29,30)19-4-2-10-22-11-19)14-18-3-1-5-20(24-18)23-12-21(27)28/h1-11,26H,12-15H2,(H,23,24)(H,27,28). The summed E-state index contributed by atoms with van der Waals surface area (Å²) in [6.45, 7) is -0.345. The molecule has 31 heavy (non-hydrogen) atoms. The van der Waals surface area contributed by atoms with E-state index in [1.165, 1.54) is 22.8 Å². The first-order valence-corrected chi connectivity index (χ1v) is 10.8. The highest BCUT2D eigenvalue weighted by Gasteiger charge is 2.25. The van der Waals surface area contributed by atoms with Crippen molar-refractivity contribution in [2.45, 2.75) is 24.6 Å². The predicted octanol–water partition coefficient (Wildman–Crippen LogP) is 1.86. The minimum Gasteiger partial charge on any atom is -0.480 e. The number of carboxylic acid groups (broad SMARTS) is 1. The van der Waals surface area contributed by atoms with Crippen molar-refractivity contribution < 1.29 is 23.4 Å². The second-order valence-corrected chi connectivity index (χ2v) is 8.64. The number of carboxylic acids is 1. The lowest BCUT2D eigenvalue weighted by Crippen LogP contribution is -2.30. The first kappa shape index (κ1) is 22.3. The van der Waals surface area contributed by atoms with E-state index in [2.05, 4.69) is 15.3 Å². The molecule has 0 unspecified atom stereocenters. The Kier molecular flexibility index (Phi) is 7.29. The van der Waals surface area contributed by atoms with E-state index in [4.69, 9.17) is 5.11 Å². The minimum atomic E-state index is -3.88. The number of hydrogen-bond acceptors (Lipinski definition) is 7. The molecule has 2 heterocycles. The lowest BCUT2D eigenvalue weighted by molar-refractivity contribution is -0.134. The highest BCUT2D eigenvalue weighted by Crippen LogP contribution is 2.21. The molecule has 0 aliphatic heterocycles. The summed E-state index contributed by atoms with van der Waals surface area (Å²) in [5, 5.41) is 20.7. The van der Waals surface area contributed by atoms with Gasteiger partial charge in [0.1, 0.15) is 17.3 Å². The molecule has 2 aromatic heterocycles. The molecule has 0 bridgehead atoms. The summed E-state index contributed by atoms with van der Waals surface area (Å²) in [7, 11) is -3.88. The fraction of sp³-hybridized carbons (Fsp3) is 0.190. The third kappa shape index (κ3) is 6.07. The summed E-state index contributed by atoms with van der Waals surface area (Å²) in [5.74, 6) is -0.690. The van der Waals surface area contributed by atoms with E-state index >= 15 is 0 Å². The van der Waals surface area contributed by atoms with Gasteiger partial charge in [-0.2, -0.15) is 4.31 Å². The molecule has 0 aliphatic carbocycles. The summed E-state index contributed by atoms with van der Waals surface area (Å²) in [5.41, 5.74) is 1.92. The van der Waals surface area contributed by atoms with Crippen LogP contribution >= 0.6 is 0 Å². The smallest absolute Gasteiger partial charge is 0.322 e. The van der Waals surface area contributed by atoms with Crippen molar-refractivity contribution in [3.63, 3.8) is 0 Å². The SMILES string of the molecule is O=C(O)CNc1cccc(CN(Cc2ccc(CO)cc2)S(=O)(=O)c2cccnc2)n1. The topological polar surface area (TPSA) is 133 Å². The van der Waals surface area contributed by atoms with Crippen LogP contribution in [-0.4, -0.2) is 45.4 Å². The molecule has 0 amide bonds. The van der Waals surface area contributed by atoms with Crippen molar-refractivity contribution in [3.05, 3.63) is 83.8 Å². The molecule has 0 atom stereocenters. The number of benzene rings is 1. The van der Waals surface area contributed by atoms with E-state index in [-0.39, 0.29) is 31.1 Å². The normalized spacial score (nSPS) is 11.4. The molecule has 0 fully saturated rings. The molecule has 0 aliphatic rings. The molecule has 0 saturated heterocycles. The molecule has 1 aromatic carbocycles. The number of aromatic nitrogens is 2. The van der Waals surface area contributed by atoms with Crippen molar-refractivity contribution in [3.8, 4) is 0 Å². The van der Waals surface area contributed by atoms with Crippen LogP contribution in [0.4, 0.5) is 5.82 Å². The van der Waals surface area contributed by atoms with Crippen LogP contribution in [0, 0.1) is 0 Å². The molecule has 3 rings (SSSR count). The van der Waals surface area contributed by atoms with Gasteiger partial charge in [0.2, 0.25) is 10.0 Å². The van der Waals surface area contributed by atoms with Crippen LogP contribution in [0.2, 0.25) is 0 Å². The van der Waals surface area contributed by atoms with Gasteiger partial charge in [-0.15, -0.1) is 0 Å². The Bertz CT molecular complexity index is 1120. The van der Waals surface area contributed by atoms with Crippen molar-refractivity contribution in [1.82, 2.24) is 14.3 Å². The summed E-state index contributed by atoms with van der Waals surface area (Å²) in [4.78, 5) is 19.1. The molecular formula is C21H22N4O5S. The number of sulfonamides is 1. The quantitative estimate of drug-likeness (QED) is 0.433. The van der Waals surface area contributed by atoms with Crippen LogP contribution in [0.15, 0.2) is 71.9 Å². The zero-order valence-corrected chi connectivity index (χ0v) is 17.4. The van der Waals surface area contributed by atoms with Gasteiger partial charge in [-0.1, -0.05) is 30.3 Å². The molecule has 0 spiro atoms. The molecule has 3 N–H and O–H groups in total. The van der Waals surface area contributed by atoms with Crippen LogP contribution in [0.1, 0.15) is 16.8 Å². The van der Waals surface area contributed by atoms with Gasteiger partial charge in [0.25, 0.3) is 0 Å². The van der Waals surface area contributed by atoms with Crippen molar-refractivity contribution in [2.75, 3.05) is 11.9 Å². The van der Waals surface area contributed by atoms with Crippen molar-refractivity contribution >= 4 is 21.8 Å². The van der Waals surface area contributed by atoms with Gasteiger partial charge in [-0.25, -0.2) is 13.4 Å². The molecule has 162 valence electrons. The van der Waals surface area contributed by atoms with Crippen molar-refractivity contribution in [1.29, 1.82) is 0 Å². The molecule has 9 nitrogen and oxygen atoms in total. The maximum absolute atomic E-state index is 13.3. The largest absolute Gasteiger partial charge is 0.480 e. The summed E-state index contributed by atoms with van der Waals surface area (Å²) < 4.78 is 27.9. The lowest BCUT2D eigenvalue weighted by Gasteiger charge is -2.22. The summed E-state index contributed by atoms with van der Waals surface area (Å²) in [6, 6.07) is 15.0. The third-order valence-corrected chi connectivity index (χ3v) is 6.18. The Hall–Kier alpha value is -3.34. The Balaban J connectivity index is 1.90. The van der Waals surface area contributed by atoms with Gasteiger partial charge in [0.05, 0.1) is 18.8 Å². The number of aliphatic carboxylic acids is 1. The van der Waals surface area contributed by atoms with Crippen LogP contribution in [0.25, 0.3) is 0 Å². The fourth-order valence-corrected chi connectivity index (χ4v) is 4.21. The monoisotopic (exact) mass is 442 g/mol. The van der Waals surface area contributed by atoms with E-state index in [1.807, 2.05) is 0 Å². The predicted molar refractivity (Wildman–Crippen MR) is 113 cm³/mol. The number of nitrogens with one attached hydrogen (secondary N) is 1. The number of anilines is 1. The van der Waals surface area contributed by atoms with Crippen LogP contribution < -0.4 is 5.32 Å². The molecule has 10 heteroatoms. The van der Waals surface area contributed by atoms with E-state index < -0.39 is 16.0 Å². The van der Waals surface area contributed by atoms with Gasteiger partial charge in [0.15, 0.2) is 0 Å². The van der Waals surface area contributed by atoms with Gasteiger partial charge < -0.3 is 15.5 Å². The third-order valence-electron chi connectivity index (χ3n) is 4.40. The fourth-order valence-electron chi connectivity index (χ4n) is 2.84. The van der Waals surface area contributed by atoms with E-state index in [0.717, 1.165) is 11.1 Å². The number of aliphatic hydroxyl groups excluding tert-OH is 1. The Morgan fingerprint density at radius 2 is 1.74 bits per heavy atom. The number of nitrogens with zero attached hydrogens (tertiary/aromatic N) is 3. The average molecular weight is 442 g/mol. The first-order valence-electron chi connectivity index (χ1n) is 9.39. The van der Waals surface area contributed by atoms with Gasteiger partial charge in [-0.05, 0) is 35.4 Å². The molecule has 0 saturated carbocycles. The van der Waals surface area contributed by atoms with E-state index in [9.17, 15) is 18.3 Å².